The van der Waals surface area contributed by atoms with Crippen LogP contribution in [-0.4, -0.2) is 33.8 Å². The van der Waals surface area contributed by atoms with Gasteiger partial charge in [-0.25, -0.2) is 4.98 Å². The molecule has 6 rings (SSSR count). The summed E-state index contributed by atoms with van der Waals surface area (Å²) in [6.07, 6.45) is 13.7. The van der Waals surface area contributed by atoms with Crippen molar-refractivity contribution in [2.75, 3.05) is 10.6 Å². The minimum absolute atomic E-state index is 0.266. The Morgan fingerprint density at radius 1 is 1.12 bits per heavy atom. The zero-order chi connectivity index (χ0) is 17.8. The molecule has 5 fully saturated rings. The van der Waals surface area contributed by atoms with Crippen molar-refractivity contribution >= 4 is 11.8 Å². The maximum Gasteiger partial charge on any atom is 0.224 e. The second-order valence-electron chi connectivity index (χ2n) is 9.47. The van der Waals surface area contributed by atoms with E-state index in [4.69, 9.17) is 15.5 Å². The van der Waals surface area contributed by atoms with Crippen LogP contribution in [-0.2, 0) is 11.3 Å². The van der Waals surface area contributed by atoms with Gasteiger partial charge in [0.1, 0.15) is 5.82 Å². The van der Waals surface area contributed by atoms with Gasteiger partial charge in [0.05, 0.1) is 12.2 Å². The SMILES string of the molecule is CC12CC(Nc3nc(N[C@H]4CC[C@H](OC5CC5)CC4)ncc3CN)(C1)C2. The number of nitrogens with zero attached hydrogens (tertiary/aromatic N) is 2. The standard InChI is InChI=1S/C20H31N5O/c1-19-10-20(11-19,12-19)25-17-13(8-21)9-22-18(24-17)23-14-2-4-15(5-3-14)26-16-6-7-16/h9,14-16H,2-8,10-12,21H2,1H3,(H2,22,23,24,25)/t14-,15-,19?,20?. The summed E-state index contributed by atoms with van der Waals surface area (Å²) in [7, 11) is 0. The molecule has 0 spiro atoms. The molecule has 6 heteroatoms. The van der Waals surface area contributed by atoms with Crippen LogP contribution in [0.15, 0.2) is 6.20 Å². The van der Waals surface area contributed by atoms with Crippen LogP contribution >= 0.6 is 0 Å². The van der Waals surface area contributed by atoms with Crippen molar-refractivity contribution in [2.45, 2.75) is 95.0 Å². The van der Waals surface area contributed by atoms with Gasteiger partial charge in [0, 0.05) is 29.9 Å². The monoisotopic (exact) mass is 357 g/mol. The number of nitrogens with one attached hydrogen (secondary N) is 2. The first-order valence-electron chi connectivity index (χ1n) is 10.3. The van der Waals surface area contributed by atoms with Crippen molar-refractivity contribution in [1.82, 2.24) is 9.97 Å². The van der Waals surface area contributed by atoms with E-state index in [2.05, 4.69) is 22.5 Å². The predicted molar refractivity (Wildman–Crippen MR) is 102 cm³/mol. The molecule has 5 aliphatic carbocycles. The van der Waals surface area contributed by atoms with Gasteiger partial charge in [0.25, 0.3) is 0 Å². The summed E-state index contributed by atoms with van der Waals surface area (Å²) < 4.78 is 6.05. The summed E-state index contributed by atoms with van der Waals surface area (Å²) in [5.74, 6) is 1.66. The van der Waals surface area contributed by atoms with E-state index in [0.29, 0.717) is 30.2 Å². The summed E-state index contributed by atoms with van der Waals surface area (Å²) >= 11 is 0. The molecule has 2 bridgehead atoms. The highest BCUT2D eigenvalue weighted by Gasteiger charge is 2.65. The average Bonchev–Trinajstić information content (AvgIpc) is 3.39. The van der Waals surface area contributed by atoms with Gasteiger partial charge in [-0.05, 0) is 63.2 Å². The highest BCUT2D eigenvalue weighted by Crippen LogP contribution is 2.68. The van der Waals surface area contributed by atoms with Gasteiger partial charge in [-0.3, -0.25) is 0 Å². The molecule has 5 aliphatic rings. The van der Waals surface area contributed by atoms with E-state index in [0.717, 1.165) is 43.0 Å². The fourth-order valence-electron chi connectivity index (χ4n) is 5.42. The molecule has 0 atom stereocenters. The quantitative estimate of drug-likeness (QED) is 0.695. The lowest BCUT2D eigenvalue weighted by molar-refractivity contribution is -0.1000. The molecule has 1 aromatic heterocycles. The average molecular weight is 358 g/mol. The molecular weight excluding hydrogens is 326 g/mol. The molecule has 0 aromatic carbocycles. The van der Waals surface area contributed by atoms with E-state index >= 15 is 0 Å². The third-order valence-electron chi connectivity index (χ3n) is 6.68. The largest absolute Gasteiger partial charge is 0.375 e. The fourth-order valence-corrected chi connectivity index (χ4v) is 5.42. The van der Waals surface area contributed by atoms with Gasteiger partial charge in [-0.1, -0.05) is 6.92 Å². The first-order chi connectivity index (χ1) is 12.5. The van der Waals surface area contributed by atoms with Crippen LogP contribution in [0.5, 0.6) is 0 Å². The van der Waals surface area contributed by atoms with Crippen LogP contribution in [0, 0.1) is 5.41 Å². The van der Waals surface area contributed by atoms with Gasteiger partial charge >= 0.3 is 0 Å². The molecule has 0 unspecified atom stereocenters. The summed E-state index contributed by atoms with van der Waals surface area (Å²) in [5.41, 5.74) is 7.76. The molecule has 1 heterocycles. The number of anilines is 2. The van der Waals surface area contributed by atoms with E-state index in [1.807, 2.05) is 6.20 Å². The van der Waals surface area contributed by atoms with E-state index in [1.54, 1.807) is 0 Å². The zero-order valence-corrected chi connectivity index (χ0v) is 15.8. The van der Waals surface area contributed by atoms with Gasteiger partial charge in [0.2, 0.25) is 5.95 Å². The Balaban J connectivity index is 1.20. The van der Waals surface area contributed by atoms with Crippen molar-refractivity contribution in [3.8, 4) is 0 Å². The van der Waals surface area contributed by atoms with Gasteiger partial charge < -0.3 is 21.1 Å². The summed E-state index contributed by atoms with van der Waals surface area (Å²) in [5, 5.41) is 7.23. The van der Waals surface area contributed by atoms with Crippen molar-refractivity contribution < 1.29 is 4.74 Å². The fraction of sp³-hybridized carbons (Fsp3) is 0.800. The van der Waals surface area contributed by atoms with Crippen LogP contribution in [0.2, 0.25) is 0 Å². The lowest BCUT2D eigenvalue weighted by Gasteiger charge is -2.69. The molecule has 4 N–H and O–H groups in total. The van der Waals surface area contributed by atoms with E-state index in [9.17, 15) is 0 Å². The highest BCUT2D eigenvalue weighted by atomic mass is 16.5. The molecule has 0 radical (unpaired) electrons. The number of hydrogen-bond donors (Lipinski definition) is 3. The van der Waals surface area contributed by atoms with Crippen LogP contribution < -0.4 is 16.4 Å². The van der Waals surface area contributed by atoms with Crippen LogP contribution in [0.4, 0.5) is 11.8 Å². The summed E-state index contributed by atoms with van der Waals surface area (Å²) in [6.45, 7) is 2.84. The Hall–Kier alpha value is -1.40. The van der Waals surface area contributed by atoms with Crippen molar-refractivity contribution in [2.24, 2.45) is 11.1 Å². The Morgan fingerprint density at radius 3 is 2.35 bits per heavy atom. The van der Waals surface area contributed by atoms with Gasteiger partial charge in [0.15, 0.2) is 0 Å². The molecule has 142 valence electrons. The highest BCUT2D eigenvalue weighted by molar-refractivity contribution is 5.52. The first-order valence-corrected chi connectivity index (χ1v) is 10.3. The molecule has 26 heavy (non-hydrogen) atoms. The van der Waals surface area contributed by atoms with E-state index < -0.39 is 0 Å². The maximum atomic E-state index is 6.05. The van der Waals surface area contributed by atoms with Crippen molar-refractivity contribution in [1.29, 1.82) is 0 Å². The second-order valence-corrected chi connectivity index (χ2v) is 9.47. The Kier molecular flexibility index (Phi) is 3.90. The Bertz CT molecular complexity index is 661. The molecule has 6 nitrogen and oxygen atoms in total. The predicted octanol–water partition coefficient (Wildman–Crippen LogP) is 3.19. The van der Waals surface area contributed by atoms with Crippen LogP contribution in [0.25, 0.3) is 0 Å². The van der Waals surface area contributed by atoms with Crippen LogP contribution in [0.3, 0.4) is 0 Å². The summed E-state index contributed by atoms with van der Waals surface area (Å²) in [4.78, 5) is 9.29. The summed E-state index contributed by atoms with van der Waals surface area (Å²) in [6, 6.07) is 0.444. The third-order valence-corrected chi connectivity index (χ3v) is 6.68. The lowest BCUT2D eigenvalue weighted by atomic mass is 9.40. The van der Waals surface area contributed by atoms with Crippen molar-refractivity contribution in [3.05, 3.63) is 11.8 Å². The molecule has 0 saturated heterocycles. The molecule has 0 amide bonds. The molecule has 1 aromatic rings. The van der Waals surface area contributed by atoms with E-state index in [1.165, 1.54) is 32.1 Å². The second kappa shape index (κ2) is 6.06. The maximum absolute atomic E-state index is 6.05. The Morgan fingerprint density at radius 2 is 1.77 bits per heavy atom. The topological polar surface area (TPSA) is 85.1 Å². The molecular formula is C20H31N5O. The number of ether oxygens (including phenoxy) is 1. The number of hydrogen-bond acceptors (Lipinski definition) is 6. The minimum Gasteiger partial charge on any atom is -0.375 e. The van der Waals surface area contributed by atoms with Crippen LogP contribution in [0.1, 0.15) is 70.3 Å². The molecule has 0 aliphatic heterocycles. The normalized spacial score (nSPS) is 38.2. The first kappa shape index (κ1) is 16.8. The van der Waals surface area contributed by atoms with Gasteiger partial charge in [-0.2, -0.15) is 4.98 Å². The number of aromatic nitrogens is 2. The molecule has 5 saturated carbocycles. The van der Waals surface area contributed by atoms with E-state index in [-0.39, 0.29) is 5.54 Å². The number of rotatable bonds is 7. The number of nitrogens with two attached hydrogens (primary N) is 1. The zero-order valence-electron chi connectivity index (χ0n) is 15.8. The lowest BCUT2D eigenvalue weighted by Crippen LogP contribution is -2.69. The minimum atomic E-state index is 0.266. The van der Waals surface area contributed by atoms with Gasteiger partial charge in [-0.15, -0.1) is 0 Å². The Labute approximate surface area is 155 Å². The third kappa shape index (κ3) is 3.18. The van der Waals surface area contributed by atoms with Crippen molar-refractivity contribution in [3.63, 3.8) is 0 Å². The smallest absolute Gasteiger partial charge is 0.224 e.